The van der Waals surface area contributed by atoms with Gasteiger partial charge in [0.15, 0.2) is 0 Å². The van der Waals surface area contributed by atoms with E-state index in [0.29, 0.717) is 11.8 Å². The predicted octanol–water partition coefficient (Wildman–Crippen LogP) is 2.09. The highest BCUT2D eigenvalue weighted by molar-refractivity contribution is 5.75. The van der Waals surface area contributed by atoms with Crippen LogP contribution in [0.2, 0.25) is 0 Å². The van der Waals surface area contributed by atoms with Crippen LogP contribution >= 0.6 is 0 Å². The second kappa shape index (κ2) is 8.63. The molecule has 1 aliphatic heterocycles. The summed E-state index contributed by atoms with van der Waals surface area (Å²) in [5.41, 5.74) is 0. The molecular weight excluding hydrogens is 252 g/mol. The molecule has 2 fully saturated rings. The molecule has 1 atom stereocenters. The summed E-state index contributed by atoms with van der Waals surface area (Å²) in [4.78, 5) is 12.0. The molecule has 116 valence electrons. The molecule has 0 amide bonds. The van der Waals surface area contributed by atoms with E-state index in [4.69, 9.17) is 4.74 Å². The van der Waals surface area contributed by atoms with E-state index < -0.39 is 0 Å². The van der Waals surface area contributed by atoms with Crippen LogP contribution in [0.1, 0.15) is 51.4 Å². The lowest BCUT2D eigenvalue weighted by atomic mass is 9.84. The maximum absolute atomic E-state index is 12.0. The average Bonchev–Trinajstić information content (AvgIpc) is 2.52. The number of esters is 1. The van der Waals surface area contributed by atoms with Crippen molar-refractivity contribution >= 4 is 5.97 Å². The van der Waals surface area contributed by atoms with Gasteiger partial charge in [-0.05, 0) is 50.7 Å². The van der Waals surface area contributed by atoms with Crippen LogP contribution in [-0.2, 0) is 9.53 Å². The topological polar surface area (TPSA) is 50.4 Å². The summed E-state index contributed by atoms with van der Waals surface area (Å²) in [6, 6.07) is -0.0991. The third-order valence-corrected chi connectivity index (χ3v) is 4.89. The van der Waals surface area contributed by atoms with Crippen molar-refractivity contribution in [3.8, 4) is 0 Å². The highest BCUT2D eigenvalue weighted by atomic mass is 16.5. The van der Waals surface area contributed by atoms with Crippen molar-refractivity contribution in [1.29, 1.82) is 0 Å². The Labute approximate surface area is 123 Å². The van der Waals surface area contributed by atoms with Gasteiger partial charge in [-0.25, -0.2) is 0 Å². The molecule has 1 saturated heterocycles. The Kier molecular flexibility index (Phi) is 6.80. The van der Waals surface area contributed by atoms with E-state index in [9.17, 15) is 4.79 Å². The molecule has 4 heteroatoms. The molecule has 0 aromatic rings. The van der Waals surface area contributed by atoms with Gasteiger partial charge in [0.25, 0.3) is 0 Å². The minimum absolute atomic E-state index is 0.0792. The van der Waals surface area contributed by atoms with Gasteiger partial charge in [-0.1, -0.05) is 32.1 Å². The molecule has 2 N–H and O–H groups in total. The van der Waals surface area contributed by atoms with Gasteiger partial charge in [-0.15, -0.1) is 0 Å². The van der Waals surface area contributed by atoms with Crippen LogP contribution in [0.15, 0.2) is 0 Å². The van der Waals surface area contributed by atoms with E-state index in [0.717, 1.165) is 26.1 Å². The van der Waals surface area contributed by atoms with E-state index in [2.05, 4.69) is 10.6 Å². The third kappa shape index (κ3) is 5.06. The fourth-order valence-electron chi connectivity index (χ4n) is 3.56. The summed E-state index contributed by atoms with van der Waals surface area (Å²) in [6.45, 7) is 3.17. The zero-order chi connectivity index (χ0) is 14.2. The second-order valence-electron chi connectivity index (χ2n) is 6.42. The summed E-state index contributed by atoms with van der Waals surface area (Å²) in [5.74, 6) is 1.33. The predicted molar refractivity (Wildman–Crippen MR) is 80.6 cm³/mol. The molecule has 0 aromatic heterocycles. The highest BCUT2D eigenvalue weighted by Gasteiger charge is 2.25. The Morgan fingerprint density at radius 2 is 1.85 bits per heavy atom. The van der Waals surface area contributed by atoms with Crippen LogP contribution < -0.4 is 10.6 Å². The number of nitrogens with one attached hydrogen (secondary N) is 2. The minimum Gasteiger partial charge on any atom is -0.468 e. The molecule has 2 aliphatic rings. The van der Waals surface area contributed by atoms with Gasteiger partial charge < -0.3 is 15.4 Å². The number of ether oxygens (including phenoxy) is 1. The van der Waals surface area contributed by atoms with E-state index in [1.165, 1.54) is 52.1 Å². The highest BCUT2D eigenvalue weighted by Crippen LogP contribution is 2.27. The Bertz CT molecular complexity index is 284. The van der Waals surface area contributed by atoms with Gasteiger partial charge in [0.2, 0.25) is 0 Å². The quantitative estimate of drug-likeness (QED) is 0.733. The van der Waals surface area contributed by atoms with Crippen LogP contribution in [-0.4, -0.2) is 38.8 Å². The zero-order valence-electron chi connectivity index (χ0n) is 12.8. The summed E-state index contributed by atoms with van der Waals surface area (Å²) >= 11 is 0. The Morgan fingerprint density at radius 1 is 1.15 bits per heavy atom. The molecule has 1 unspecified atom stereocenters. The summed E-state index contributed by atoms with van der Waals surface area (Å²) in [5, 5.41) is 6.87. The maximum atomic E-state index is 12.0. The van der Waals surface area contributed by atoms with Crippen LogP contribution in [0.5, 0.6) is 0 Å². The molecule has 1 heterocycles. The van der Waals surface area contributed by atoms with Crippen molar-refractivity contribution in [2.45, 2.75) is 57.4 Å². The fraction of sp³-hybridized carbons (Fsp3) is 0.938. The minimum atomic E-state index is -0.0991. The largest absolute Gasteiger partial charge is 0.468 e. The van der Waals surface area contributed by atoms with Crippen molar-refractivity contribution in [3.05, 3.63) is 0 Å². The van der Waals surface area contributed by atoms with Crippen molar-refractivity contribution in [1.82, 2.24) is 10.6 Å². The molecule has 0 aromatic carbocycles. The number of hydrogen-bond acceptors (Lipinski definition) is 4. The summed E-state index contributed by atoms with van der Waals surface area (Å²) in [6.07, 6.45) is 9.96. The van der Waals surface area contributed by atoms with E-state index in [1.807, 2.05) is 0 Å². The summed E-state index contributed by atoms with van der Waals surface area (Å²) < 4.78 is 4.98. The first kappa shape index (κ1) is 15.8. The molecule has 4 nitrogen and oxygen atoms in total. The average molecular weight is 282 g/mol. The van der Waals surface area contributed by atoms with Gasteiger partial charge in [-0.2, -0.15) is 0 Å². The fourth-order valence-corrected chi connectivity index (χ4v) is 3.56. The van der Waals surface area contributed by atoms with Crippen molar-refractivity contribution in [2.24, 2.45) is 11.8 Å². The van der Waals surface area contributed by atoms with E-state index in [1.54, 1.807) is 0 Å². The monoisotopic (exact) mass is 282 g/mol. The van der Waals surface area contributed by atoms with Crippen molar-refractivity contribution < 1.29 is 9.53 Å². The number of piperidine rings is 1. The lowest BCUT2D eigenvalue weighted by Gasteiger charge is -2.28. The van der Waals surface area contributed by atoms with Gasteiger partial charge in [-0.3, -0.25) is 4.79 Å². The number of methoxy groups -OCH3 is 1. The van der Waals surface area contributed by atoms with Gasteiger partial charge >= 0.3 is 5.97 Å². The maximum Gasteiger partial charge on any atom is 0.322 e. The number of carbonyl (C=O) groups is 1. The van der Waals surface area contributed by atoms with Crippen LogP contribution in [0.4, 0.5) is 0 Å². The Hall–Kier alpha value is -0.610. The second-order valence-corrected chi connectivity index (χ2v) is 6.42. The van der Waals surface area contributed by atoms with Gasteiger partial charge in [0.1, 0.15) is 6.04 Å². The first-order chi connectivity index (χ1) is 9.79. The normalized spacial score (nSPS) is 23.4. The van der Waals surface area contributed by atoms with Crippen LogP contribution in [0, 0.1) is 11.8 Å². The van der Waals surface area contributed by atoms with Crippen LogP contribution in [0.3, 0.4) is 0 Å². The smallest absolute Gasteiger partial charge is 0.322 e. The zero-order valence-corrected chi connectivity index (χ0v) is 12.8. The Morgan fingerprint density at radius 3 is 2.50 bits per heavy atom. The van der Waals surface area contributed by atoms with Crippen molar-refractivity contribution in [3.63, 3.8) is 0 Å². The molecule has 0 bridgehead atoms. The van der Waals surface area contributed by atoms with E-state index >= 15 is 0 Å². The molecule has 0 spiro atoms. The number of hydrogen-bond donors (Lipinski definition) is 2. The van der Waals surface area contributed by atoms with Gasteiger partial charge in [0.05, 0.1) is 7.11 Å². The molecule has 0 radical (unpaired) electrons. The first-order valence-corrected chi connectivity index (χ1v) is 8.31. The molecular formula is C16H30N2O2. The van der Waals surface area contributed by atoms with E-state index in [-0.39, 0.29) is 12.0 Å². The number of rotatable bonds is 6. The SMILES string of the molecule is COC(=O)C(CC1CCCCC1)NCC1CCNCC1. The standard InChI is InChI=1S/C16H30N2O2/c1-20-16(19)15(11-13-5-3-2-4-6-13)18-12-14-7-9-17-10-8-14/h13-15,17-18H,2-12H2,1H3. The number of carbonyl (C=O) groups excluding carboxylic acids is 1. The van der Waals surface area contributed by atoms with Crippen molar-refractivity contribution in [2.75, 3.05) is 26.7 Å². The van der Waals surface area contributed by atoms with Gasteiger partial charge in [0, 0.05) is 0 Å². The molecule has 20 heavy (non-hydrogen) atoms. The molecule has 2 rings (SSSR count). The molecule has 1 saturated carbocycles. The summed E-state index contributed by atoms with van der Waals surface area (Å²) in [7, 11) is 1.50. The Balaban J connectivity index is 1.77. The lowest BCUT2D eigenvalue weighted by Crippen LogP contribution is -2.43. The lowest BCUT2D eigenvalue weighted by molar-refractivity contribution is -0.143. The first-order valence-electron chi connectivity index (χ1n) is 8.31. The third-order valence-electron chi connectivity index (χ3n) is 4.89. The van der Waals surface area contributed by atoms with Crippen LogP contribution in [0.25, 0.3) is 0 Å². The molecule has 1 aliphatic carbocycles.